The fraction of sp³-hybridized carbons (Fsp3) is 0.333. The van der Waals surface area contributed by atoms with E-state index in [-0.39, 0.29) is 5.54 Å². The largest absolute Gasteiger partial charge is 0.360 e. The lowest BCUT2D eigenvalue weighted by Gasteiger charge is -2.10. The normalized spacial score (nSPS) is 18.8. The number of H-pyrrole nitrogens is 1. The van der Waals surface area contributed by atoms with Crippen LogP contribution in [0.25, 0.3) is 6.08 Å². The summed E-state index contributed by atoms with van der Waals surface area (Å²) in [4.78, 5) is 11.6. The lowest BCUT2D eigenvalue weighted by Crippen LogP contribution is -2.26. The number of hydrogen-bond acceptors (Lipinski definition) is 2. The molecule has 0 atom stereocenters. The summed E-state index contributed by atoms with van der Waals surface area (Å²) in [6.07, 6.45) is 5.59. The molecule has 1 aromatic rings. The van der Waals surface area contributed by atoms with Gasteiger partial charge in [-0.05, 0) is 26.0 Å². The number of hydrogen-bond donors (Lipinski definition) is 1. The van der Waals surface area contributed by atoms with Gasteiger partial charge in [0.2, 0.25) is 0 Å². The maximum Gasteiger partial charge on any atom is 0.111 e. The van der Waals surface area contributed by atoms with Crippen molar-refractivity contribution in [1.29, 1.82) is 0 Å². The van der Waals surface area contributed by atoms with Gasteiger partial charge >= 0.3 is 0 Å². The van der Waals surface area contributed by atoms with Crippen LogP contribution in [-0.4, -0.2) is 16.9 Å². The highest BCUT2D eigenvalue weighted by Crippen LogP contribution is 2.09. The van der Waals surface area contributed by atoms with Crippen LogP contribution in [0.2, 0.25) is 0 Å². The third-order valence-corrected chi connectivity index (χ3v) is 1.84. The molecule has 0 fully saturated rings. The highest BCUT2D eigenvalue weighted by atomic mass is 14.9. The molecule has 0 spiro atoms. The first-order chi connectivity index (χ1) is 5.67. The third kappa shape index (κ3) is 1.18. The van der Waals surface area contributed by atoms with Gasteiger partial charge in [0.25, 0.3) is 0 Å². The standard InChI is InChI=1S/C9H11N3/c1-9(2)5-8-7(3-4-10-8)11-6-12-9/h3-6,10H,1-2H3. The van der Waals surface area contributed by atoms with E-state index in [1.807, 2.05) is 12.3 Å². The quantitative estimate of drug-likeness (QED) is 0.566. The zero-order valence-electron chi connectivity index (χ0n) is 7.20. The number of aromatic nitrogens is 1. The molecule has 1 aliphatic rings. The smallest absolute Gasteiger partial charge is 0.111 e. The molecule has 0 unspecified atom stereocenters. The summed E-state index contributed by atoms with van der Waals surface area (Å²) in [6, 6.07) is 1.94. The zero-order valence-corrected chi connectivity index (χ0v) is 7.20. The molecule has 0 amide bonds. The third-order valence-electron chi connectivity index (χ3n) is 1.84. The van der Waals surface area contributed by atoms with Crippen LogP contribution in [0.3, 0.4) is 0 Å². The van der Waals surface area contributed by atoms with Crippen molar-refractivity contribution in [3.05, 3.63) is 23.0 Å². The van der Waals surface area contributed by atoms with E-state index in [1.165, 1.54) is 0 Å². The number of nitrogens with one attached hydrogen (secondary N) is 1. The predicted octanol–water partition coefficient (Wildman–Crippen LogP) is 0.235. The molecule has 3 nitrogen and oxygen atoms in total. The number of aliphatic imine (C=N–C) groups is 1. The second-order valence-corrected chi connectivity index (χ2v) is 3.45. The summed E-state index contributed by atoms with van der Waals surface area (Å²) in [5, 5.41) is 2.02. The van der Waals surface area contributed by atoms with Crippen molar-refractivity contribution in [1.82, 2.24) is 4.98 Å². The van der Waals surface area contributed by atoms with Crippen LogP contribution in [0.5, 0.6) is 0 Å². The molecule has 0 aromatic carbocycles. The summed E-state index contributed by atoms with van der Waals surface area (Å²) >= 11 is 0. The summed E-state index contributed by atoms with van der Waals surface area (Å²) in [5.74, 6) is 0. The molecule has 1 aromatic heterocycles. The first-order valence-corrected chi connectivity index (χ1v) is 3.95. The van der Waals surface area contributed by atoms with Crippen molar-refractivity contribution >= 4 is 12.4 Å². The topological polar surface area (TPSA) is 40.5 Å². The van der Waals surface area contributed by atoms with Crippen LogP contribution in [0.15, 0.2) is 22.2 Å². The molecule has 62 valence electrons. The van der Waals surface area contributed by atoms with E-state index < -0.39 is 0 Å². The Morgan fingerprint density at radius 1 is 1.42 bits per heavy atom. The molecule has 0 aliphatic carbocycles. The van der Waals surface area contributed by atoms with E-state index in [1.54, 1.807) is 6.34 Å². The Kier molecular flexibility index (Phi) is 1.40. The Balaban J connectivity index is 2.75. The van der Waals surface area contributed by atoms with Gasteiger partial charge in [-0.1, -0.05) is 0 Å². The zero-order chi connectivity index (χ0) is 8.60. The number of nitrogens with zero attached hydrogens (tertiary/aromatic N) is 2. The maximum absolute atomic E-state index is 4.28. The van der Waals surface area contributed by atoms with Crippen LogP contribution in [0.4, 0.5) is 0 Å². The minimum Gasteiger partial charge on any atom is -0.360 e. The first-order valence-electron chi connectivity index (χ1n) is 3.95. The molecular formula is C9H11N3. The van der Waals surface area contributed by atoms with Gasteiger partial charge in [-0.25, -0.2) is 4.99 Å². The SMILES string of the molecule is CC1(C)C=c2[nH]ccc2=NC=N1. The molecule has 2 rings (SSSR count). The highest BCUT2D eigenvalue weighted by Gasteiger charge is 2.12. The summed E-state index contributed by atoms with van der Waals surface area (Å²) in [5.41, 5.74) is -0.153. The second-order valence-electron chi connectivity index (χ2n) is 3.45. The Labute approximate surface area is 70.6 Å². The fourth-order valence-corrected chi connectivity index (χ4v) is 1.23. The Hall–Kier alpha value is -1.38. The van der Waals surface area contributed by atoms with Gasteiger partial charge in [0.05, 0.1) is 16.2 Å². The minimum absolute atomic E-state index is 0.153. The van der Waals surface area contributed by atoms with Gasteiger partial charge in [0.1, 0.15) is 6.34 Å². The predicted molar refractivity (Wildman–Crippen MR) is 48.6 cm³/mol. The van der Waals surface area contributed by atoms with Crippen molar-refractivity contribution in [2.45, 2.75) is 19.4 Å². The molecule has 0 bridgehead atoms. The van der Waals surface area contributed by atoms with Gasteiger partial charge in [-0.15, -0.1) is 0 Å². The average Bonchev–Trinajstić information content (AvgIpc) is 2.31. The van der Waals surface area contributed by atoms with Crippen LogP contribution in [0.1, 0.15) is 13.8 Å². The maximum atomic E-state index is 4.28. The highest BCUT2D eigenvalue weighted by molar-refractivity contribution is 5.59. The van der Waals surface area contributed by atoms with E-state index in [0.29, 0.717) is 0 Å². The molecule has 0 saturated carbocycles. The van der Waals surface area contributed by atoms with E-state index in [0.717, 1.165) is 10.7 Å². The molecular weight excluding hydrogens is 150 g/mol. The Morgan fingerprint density at radius 2 is 2.25 bits per heavy atom. The summed E-state index contributed by atoms with van der Waals surface area (Å²) < 4.78 is 0. The Morgan fingerprint density at radius 3 is 3.08 bits per heavy atom. The van der Waals surface area contributed by atoms with Gasteiger partial charge in [-0.2, -0.15) is 0 Å². The van der Waals surface area contributed by atoms with Crippen LogP contribution < -0.4 is 10.7 Å². The van der Waals surface area contributed by atoms with Crippen LogP contribution in [-0.2, 0) is 0 Å². The van der Waals surface area contributed by atoms with Crippen molar-refractivity contribution in [2.24, 2.45) is 9.98 Å². The van der Waals surface area contributed by atoms with Crippen molar-refractivity contribution in [3.63, 3.8) is 0 Å². The lowest BCUT2D eigenvalue weighted by molar-refractivity contribution is 0.699. The average molecular weight is 161 g/mol. The molecule has 0 radical (unpaired) electrons. The molecule has 0 saturated heterocycles. The molecule has 1 aliphatic heterocycles. The number of rotatable bonds is 0. The van der Waals surface area contributed by atoms with Crippen molar-refractivity contribution < 1.29 is 0 Å². The lowest BCUT2D eigenvalue weighted by atomic mass is 10.1. The molecule has 12 heavy (non-hydrogen) atoms. The van der Waals surface area contributed by atoms with E-state index in [2.05, 4.69) is 34.9 Å². The number of fused-ring (bicyclic) bond motifs is 1. The summed E-state index contributed by atoms with van der Waals surface area (Å²) in [7, 11) is 0. The van der Waals surface area contributed by atoms with Gasteiger partial charge in [-0.3, -0.25) is 4.99 Å². The van der Waals surface area contributed by atoms with E-state index in [4.69, 9.17) is 0 Å². The first kappa shape index (κ1) is 7.28. The van der Waals surface area contributed by atoms with Gasteiger partial charge < -0.3 is 4.98 Å². The molecule has 1 N–H and O–H groups in total. The van der Waals surface area contributed by atoms with E-state index >= 15 is 0 Å². The van der Waals surface area contributed by atoms with E-state index in [9.17, 15) is 0 Å². The van der Waals surface area contributed by atoms with Crippen LogP contribution >= 0.6 is 0 Å². The number of aromatic amines is 1. The molecule has 3 heteroatoms. The van der Waals surface area contributed by atoms with Crippen molar-refractivity contribution in [3.8, 4) is 0 Å². The summed E-state index contributed by atoms with van der Waals surface area (Å²) in [6.45, 7) is 4.10. The minimum atomic E-state index is -0.153. The second kappa shape index (κ2) is 2.30. The monoisotopic (exact) mass is 161 g/mol. The van der Waals surface area contributed by atoms with Gasteiger partial charge in [0.15, 0.2) is 0 Å². The van der Waals surface area contributed by atoms with Crippen LogP contribution in [0, 0.1) is 0 Å². The molecule has 2 heterocycles. The van der Waals surface area contributed by atoms with Gasteiger partial charge in [0, 0.05) is 6.20 Å². The van der Waals surface area contributed by atoms with Crippen molar-refractivity contribution in [2.75, 3.05) is 0 Å². The Bertz CT molecular complexity index is 423. The fourth-order valence-electron chi connectivity index (χ4n) is 1.23.